The Labute approximate surface area is 98.7 Å². The molecule has 0 bridgehead atoms. The summed E-state index contributed by atoms with van der Waals surface area (Å²) in [6.45, 7) is 5.76. The van der Waals surface area contributed by atoms with E-state index in [0.29, 0.717) is 6.04 Å². The van der Waals surface area contributed by atoms with Gasteiger partial charge in [0.05, 0.1) is 6.26 Å². The molecule has 0 saturated heterocycles. The molecule has 1 N–H and O–H groups in total. The van der Waals surface area contributed by atoms with Crippen molar-refractivity contribution in [2.45, 2.75) is 45.1 Å². The molecule has 2 heteroatoms. The summed E-state index contributed by atoms with van der Waals surface area (Å²) in [5.74, 6) is 1.03. The van der Waals surface area contributed by atoms with E-state index in [-0.39, 0.29) is 0 Å². The lowest BCUT2D eigenvalue weighted by molar-refractivity contribution is 0.483. The highest BCUT2D eigenvalue weighted by Gasteiger charge is 2.12. The summed E-state index contributed by atoms with van der Waals surface area (Å²) in [6, 6.07) is 2.50. The Bertz CT molecular complexity index is 303. The number of nitrogens with one attached hydrogen (secondary N) is 1. The van der Waals surface area contributed by atoms with Crippen LogP contribution in [0.5, 0.6) is 0 Å². The Balaban J connectivity index is 2.33. The highest BCUT2D eigenvalue weighted by Crippen LogP contribution is 2.23. The van der Waals surface area contributed by atoms with Crippen LogP contribution in [0, 0.1) is 6.92 Å². The van der Waals surface area contributed by atoms with E-state index in [4.69, 9.17) is 4.42 Å². The van der Waals surface area contributed by atoms with Gasteiger partial charge in [-0.15, -0.1) is 6.58 Å². The number of hydrogen-bond acceptors (Lipinski definition) is 2. The minimum Gasteiger partial charge on any atom is -0.469 e. The summed E-state index contributed by atoms with van der Waals surface area (Å²) in [7, 11) is 2.01. The third-order valence-electron chi connectivity index (χ3n) is 3.02. The zero-order valence-electron chi connectivity index (χ0n) is 10.5. The summed E-state index contributed by atoms with van der Waals surface area (Å²) in [4.78, 5) is 0. The Morgan fingerprint density at radius 3 is 2.81 bits per heavy atom. The van der Waals surface area contributed by atoms with Gasteiger partial charge in [-0.3, -0.25) is 0 Å². The number of allylic oxidation sites excluding steroid dienone is 1. The second kappa shape index (κ2) is 7.29. The summed E-state index contributed by atoms with van der Waals surface area (Å²) < 4.78 is 5.34. The van der Waals surface area contributed by atoms with E-state index in [2.05, 4.69) is 18.0 Å². The highest BCUT2D eigenvalue weighted by atomic mass is 16.3. The van der Waals surface area contributed by atoms with E-state index in [1.807, 2.05) is 20.0 Å². The maximum absolute atomic E-state index is 5.34. The first kappa shape index (κ1) is 13.0. The molecule has 1 atom stereocenters. The molecule has 0 aliphatic heterocycles. The van der Waals surface area contributed by atoms with E-state index in [0.717, 1.165) is 12.2 Å². The van der Waals surface area contributed by atoms with E-state index in [1.54, 1.807) is 6.26 Å². The zero-order chi connectivity index (χ0) is 11.8. The van der Waals surface area contributed by atoms with Crippen molar-refractivity contribution in [1.82, 2.24) is 5.32 Å². The van der Waals surface area contributed by atoms with E-state index < -0.39 is 0 Å². The van der Waals surface area contributed by atoms with Gasteiger partial charge in [0.25, 0.3) is 0 Å². The first-order valence-electron chi connectivity index (χ1n) is 6.11. The second-order valence-electron chi connectivity index (χ2n) is 4.20. The van der Waals surface area contributed by atoms with Crippen molar-refractivity contribution >= 4 is 0 Å². The second-order valence-corrected chi connectivity index (χ2v) is 4.20. The summed E-state index contributed by atoms with van der Waals surface area (Å²) >= 11 is 0. The molecular formula is C14H23NO. The van der Waals surface area contributed by atoms with Crippen LogP contribution in [-0.4, -0.2) is 7.05 Å². The molecule has 0 radical (unpaired) electrons. The fraction of sp³-hybridized carbons (Fsp3) is 0.571. The standard InChI is InChI=1S/C14H23NO/c1-4-5-6-7-8-9-14(15-3)13-10-11-16-12(13)2/h4,10-11,14-15H,1,5-9H2,2-3H3. The Hall–Kier alpha value is -1.02. The molecule has 0 fully saturated rings. The van der Waals surface area contributed by atoms with Crippen molar-refractivity contribution in [2.75, 3.05) is 7.05 Å². The molecule has 1 heterocycles. The SMILES string of the molecule is C=CCCCCCC(NC)c1ccoc1C. The third-order valence-corrected chi connectivity index (χ3v) is 3.02. The molecule has 1 rings (SSSR count). The van der Waals surface area contributed by atoms with E-state index >= 15 is 0 Å². The van der Waals surface area contributed by atoms with Crippen molar-refractivity contribution < 1.29 is 4.42 Å². The molecule has 1 aromatic heterocycles. The molecule has 1 unspecified atom stereocenters. The van der Waals surface area contributed by atoms with Crippen LogP contribution in [0.25, 0.3) is 0 Å². The fourth-order valence-corrected chi connectivity index (χ4v) is 2.03. The number of hydrogen-bond donors (Lipinski definition) is 1. The zero-order valence-corrected chi connectivity index (χ0v) is 10.5. The number of rotatable bonds is 8. The summed E-state index contributed by atoms with van der Waals surface area (Å²) in [5.41, 5.74) is 1.30. The van der Waals surface area contributed by atoms with Crippen LogP contribution < -0.4 is 5.32 Å². The Morgan fingerprint density at radius 2 is 2.25 bits per heavy atom. The lowest BCUT2D eigenvalue weighted by Crippen LogP contribution is -2.16. The van der Waals surface area contributed by atoms with Crippen molar-refractivity contribution in [3.05, 3.63) is 36.3 Å². The van der Waals surface area contributed by atoms with Crippen LogP contribution in [0.15, 0.2) is 29.4 Å². The first-order valence-corrected chi connectivity index (χ1v) is 6.11. The van der Waals surface area contributed by atoms with Crippen LogP contribution in [0.2, 0.25) is 0 Å². The maximum atomic E-state index is 5.34. The minimum absolute atomic E-state index is 0.433. The van der Waals surface area contributed by atoms with Gasteiger partial charge in [-0.25, -0.2) is 0 Å². The predicted molar refractivity (Wildman–Crippen MR) is 68.5 cm³/mol. The smallest absolute Gasteiger partial charge is 0.105 e. The quantitative estimate of drug-likeness (QED) is 0.530. The van der Waals surface area contributed by atoms with E-state index in [9.17, 15) is 0 Å². The van der Waals surface area contributed by atoms with Gasteiger partial charge in [-0.05, 0) is 39.3 Å². The topological polar surface area (TPSA) is 25.2 Å². The van der Waals surface area contributed by atoms with Crippen molar-refractivity contribution in [3.8, 4) is 0 Å². The van der Waals surface area contributed by atoms with Gasteiger partial charge >= 0.3 is 0 Å². The molecule has 0 aromatic carbocycles. The average molecular weight is 221 g/mol. The number of furan rings is 1. The highest BCUT2D eigenvalue weighted by molar-refractivity contribution is 5.19. The molecular weight excluding hydrogens is 198 g/mol. The molecule has 0 saturated carbocycles. The largest absolute Gasteiger partial charge is 0.469 e. The lowest BCUT2D eigenvalue weighted by Gasteiger charge is -2.15. The molecule has 0 aliphatic carbocycles. The van der Waals surface area contributed by atoms with Crippen LogP contribution in [0.4, 0.5) is 0 Å². The van der Waals surface area contributed by atoms with Crippen molar-refractivity contribution in [3.63, 3.8) is 0 Å². The minimum atomic E-state index is 0.433. The van der Waals surface area contributed by atoms with Crippen LogP contribution >= 0.6 is 0 Å². The first-order chi connectivity index (χ1) is 7.79. The Kier molecular flexibility index (Phi) is 5.94. The van der Waals surface area contributed by atoms with Crippen LogP contribution in [0.3, 0.4) is 0 Å². The van der Waals surface area contributed by atoms with Gasteiger partial charge in [0.15, 0.2) is 0 Å². The van der Waals surface area contributed by atoms with Gasteiger partial charge in [0.1, 0.15) is 5.76 Å². The van der Waals surface area contributed by atoms with E-state index in [1.165, 1.54) is 31.2 Å². The Morgan fingerprint density at radius 1 is 1.44 bits per heavy atom. The number of aryl methyl sites for hydroxylation is 1. The molecule has 0 aliphatic rings. The molecule has 90 valence electrons. The fourth-order valence-electron chi connectivity index (χ4n) is 2.03. The van der Waals surface area contributed by atoms with Gasteiger partial charge in [-0.1, -0.05) is 18.9 Å². The van der Waals surface area contributed by atoms with Gasteiger partial charge in [0.2, 0.25) is 0 Å². The third kappa shape index (κ3) is 3.86. The summed E-state index contributed by atoms with van der Waals surface area (Å²) in [5, 5.41) is 3.36. The number of unbranched alkanes of at least 4 members (excludes halogenated alkanes) is 3. The molecule has 0 spiro atoms. The molecule has 16 heavy (non-hydrogen) atoms. The molecule has 2 nitrogen and oxygen atoms in total. The van der Waals surface area contributed by atoms with Crippen molar-refractivity contribution in [2.24, 2.45) is 0 Å². The van der Waals surface area contributed by atoms with Crippen LogP contribution in [-0.2, 0) is 0 Å². The van der Waals surface area contributed by atoms with Crippen molar-refractivity contribution in [1.29, 1.82) is 0 Å². The van der Waals surface area contributed by atoms with Gasteiger partial charge < -0.3 is 9.73 Å². The maximum Gasteiger partial charge on any atom is 0.105 e. The van der Waals surface area contributed by atoms with Gasteiger partial charge in [-0.2, -0.15) is 0 Å². The van der Waals surface area contributed by atoms with Crippen LogP contribution in [0.1, 0.15) is 49.5 Å². The van der Waals surface area contributed by atoms with Gasteiger partial charge in [0, 0.05) is 11.6 Å². The monoisotopic (exact) mass is 221 g/mol. The summed E-state index contributed by atoms with van der Waals surface area (Å²) in [6.07, 6.45) is 9.86. The molecule has 1 aromatic rings. The average Bonchev–Trinajstić information content (AvgIpc) is 2.70. The molecule has 0 amide bonds. The predicted octanol–water partition coefficient (Wildman–Crippen LogP) is 3.99. The normalized spacial score (nSPS) is 12.6. The lowest BCUT2D eigenvalue weighted by atomic mass is 10.0.